The van der Waals surface area contributed by atoms with Crippen LogP contribution in [0.3, 0.4) is 0 Å². The molecule has 108 valence electrons. The highest BCUT2D eigenvalue weighted by molar-refractivity contribution is 6.32. The first-order chi connectivity index (χ1) is 9.49. The molecular weight excluding hydrogens is 288 g/mol. The molecule has 20 heavy (non-hydrogen) atoms. The molecule has 0 aromatic carbocycles. The van der Waals surface area contributed by atoms with Gasteiger partial charge in [0, 0.05) is 25.3 Å². The smallest absolute Gasteiger partial charge is 0.404 e. The van der Waals surface area contributed by atoms with Gasteiger partial charge in [-0.15, -0.1) is 0 Å². The van der Waals surface area contributed by atoms with Crippen molar-refractivity contribution in [1.82, 2.24) is 10.3 Å². The van der Waals surface area contributed by atoms with Crippen LogP contribution in [-0.2, 0) is 0 Å². The van der Waals surface area contributed by atoms with Crippen molar-refractivity contribution in [2.24, 2.45) is 0 Å². The van der Waals surface area contributed by atoms with Gasteiger partial charge in [-0.05, 0) is 18.9 Å². The summed E-state index contributed by atoms with van der Waals surface area (Å²) in [6.45, 7) is 0.979. The lowest BCUT2D eigenvalue weighted by molar-refractivity contribution is -0.384. The zero-order valence-electron chi connectivity index (χ0n) is 10.5. The molecule has 0 bridgehead atoms. The van der Waals surface area contributed by atoms with Gasteiger partial charge in [-0.2, -0.15) is 0 Å². The fourth-order valence-corrected chi connectivity index (χ4v) is 2.55. The molecular formula is C11H13ClN4O4. The molecule has 0 aliphatic carbocycles. The standard InChI is InChI=1S/C11H13ClN4O4/c12-10-9(16(19)20)8(3-4-13-10)15-5-1-2-7(6-15)14-11(17)18/h3-4,7,14H,1-2,5-6H2,(H,17,18)/t7-/m1/s1. The van der Waals surface area contributed by atoms with Crippen LogP contribution in [0, 0.1) is 10.1 Å². The van der Waals surface area contributed by atoms with Gasteiger partial charge in [0.1, 0.15) is 5.69 Å². The first-order valence-electron chi connectivity index (χ1n) is 6.02. The van der Waals surface area contributed by atoms with E-state index in [-0.39, 0.29) is 16.9 Å². The van der Waals surface area contributed by atoms with Crippen molar-refractivity contribution in [3.63, 3.8) is 0 Å². The summed E-state index contributed by atoms with van der Waals surface area (Å²) in [5, 5.41) is 22.1. The van der Waals surface area contributed by atoms with Crippen LogP contribution in [0.5, 0.6) is 0 Å². The van der Waals surface area contributed by atoms with Gasteiger partial charge in [-0.1, -0.05) is 11.6 Å². The van der Waals surface area contributed by atoms with Crippen molar-refractivity contribution in [2.75, 3.05) is 18.0 Å². The van der Waals surface area contributed by atoms with E-state index in [2.05, 4.69) is 10.3 Å². The highest BCUT2D eigenvalue weighted by atomic mass is 35.5. The number of nitrogens with one attached hydrogen (secondary N) is 1. The first-order valence-corrected chi connectivity index (χ1v) is 6.40. The molecule has 1 aromatic heterocycles. The predicted octanol–water partition coefficient (Wildman–Crippen LogP) is 1.88. The molecule has 8 nitrogen and oxygen atoms in total. The zero-order chi connectivity index (χ0) is 14.7. The molecule has 0 saturated carbocycles. The van der Waals surface area contributed by atoms with E-state index < -0.39 is 11.0 Å². The molecule has 1 amide bonds. The highest BCUT2D eigenvalue weighted by Gasteiger charge is 2.28. The van der Waals surface area contributed by atoms with E-state index in [9.17, 15) is 14.9 Å². The van der Waals surface area contributed by atoms with Gasteiger partial charge in [0.2, 0.25) is 5.15 Å². The zero-order valence-corrected chi connectivity index (χ0v) is 11.2. The van der Waals surface area contributed by atoms with Crippen molar-refractivity contribution >= 4 is 29.1 Å². The minimum absolute atomic E-state index is 0.166. The average Bonchev–Trinajstić information content (AvgIpc) is 2.37. The lowest BCUT2D eigenvalue weighted by Crippen LogP contribution is -2.47. The van der Waals surface area contributed by atoms with E-state index in [1.54, 1.807) is 4.90 Å². The van der Waals surface area contributed by atoms with E-state index >= 15 is 0 Å². The maximum absolute atomic E-state index is 11.1. The Kier molecular flexibility index (Phi) is 4.23. The summed E-state index contributed by atoms with van der Waals surface area (Å²) >= 11 is 5.78. The van der Waals surface area contributed by atoms with Crippen LogP contribution in [0.25, 0.3) is 0 Å². The van der Waals surface area contributed by atoms with Crippen molar-refractivity contribution in [3.05, 3.63) is 27.5 Å². The molecule has 0 unspecified atom stereocenters. The normalized spacial score (nSPS) is 18.6. The third-order valence-electron chi connectivity index (χ3n) is 3.13. The third-order valence-corrected chi connectivity index (χ3v) is 3.41. The number of hydrogen-bond acceptors (Lipinski definition) is 5. The van der Waals surface area contributed by atoms with Crippen LogP contribution in [0.1, 0.15) is 12.8 Å². The van der Waals surface area contributed by atoms with Gasteiger partial charge in [0.25, 0.3) is 0 Å². The third kappa shape index (κ3) is 3.08. The lowest BCUT2D eigenvalue weighted by atomic mass is 10.1. The number of nitro groups is 1. The summed E-state index contributed by atoms with van der Waals surface area (Å²) in [7, 11) is 0. The molecule has 1 saturated heterocycles. The quantitative estimate of drug-likeness (QED) is 0.501. The Balaban J connectivity index is 2.25. The number of nitrogens with zero attached hydrogens (tertiary/aromatic N) is 3. The summed E-state index contributed by atoms with van der Waals surface area (Å²) in [6.07, 6.45) is 1.75. The van der Waals surface area contributed by atoms with E-state index in [1.807, 2.05) is 0 Å². The number of hydrogen-bond donors (Lipinski definition) is 2. The molecule has 1 atom stereocenters. The number of anilines is 1. The van der Waals surface area contributed by atoms with E-state index in [0.717, 1.165) is 6.42 Å². The summed E-state index contributed by atoms with van der Waals surface area (Å²) in [4.78, 5) is 26.7. The van der Waals surface area contributed by atoms with Gasteiger partial charge >= 0.3 is 11.8 Å². The second kappa shape index (κ2) is 5.91. The summed E-state index contributed by atoms with van der Waals surface area (Å²) in [5.41, 5.74) is 0.122. The first kappa shape index (κ1) is 14.3. The van der Waals surface area contributed by atoms with Crippen molar-refractivity contribution in [2.45, 2.75) is 18.9 Å². The summed E-state index contributed by atoms with van der Waals surface area (Å²) in [5.74, 6) is 0. The topological polar surface area (TPSA) is 109 Å². The average molecular weight is 301 g/mol. The fourth-order valence-electron chi connectivity index (χ4n) is 2.33. The Morgan fingerprint density at radius 1 is 1.65 bits per heavy atom. The minimum Gasteiger partial charge on any atom is -0.465 e. The predicted molar refractivity (Wildman–Crippen MR) is 72.3 cm³/mol. The highest BCUT2D eigenvalue weighted by Crippen LogP contribution is 2.34. The number of pyridine rings is 1. The van der Waals surface area contributed by atoms with Crippen LogP contribution >= 0.6 is 11.6 Å². The molecule has 0 radical (unpaired) electrons. The van der Waals surface area contributed by atoms with Crippen LogP contribution in [-0.4, -0.2) is 40.2 Å². The van der Waals surface area contributed by atoms with Crippen molar-refractivity contribution < 1.29 is 14.8 Å². The van der Waals surface area contributed by atoms with E-state index in [1.165, 1.54) is 12.3 Å². The van der Waals surface area contributed by atoms with E-state index in [4.69, 9.17) is 16.7 Å². The number of halogens is 1. The molecule has 1 fully saturated rings. The maximum Gasteiger partial charge on any atom is 0.404 e. The number of carbonyl (C=O) groups is 1. The molecule has 1 aliphatic heterocycles. The van der Waals surface area contributed by atoms with Crippen LogP contribution in [0.15, 0.2) is 12.3 Å². The SMILES string of the molecule is O=C(O)N[C@@H]1CCCN(c2ccnc(Cl)c2[N+](=O)[O-])C1. The van der Waals surface area contributed by atoms with Gasteiger partial charge in [0.05, 0.1) is 4.92 Å². The molecule has 1 aromatic rings. The van der Waals surface area contributed by atoms with Gasteiger partial charge in [-0.25, -0.2) is 9.78 Å². The second-order valence-electron chi connectivity index (χ2n) is 4.46. The molecule has 2 rings (SSSR count). The largest absolute Gasteiger partial charge is 0.465 e. The molecule has 0 spiro atoms. The molecule has 2 heterocycles. The van der Waals surface area contributed by atoms with Crippen LogP contribution < -0.4 is 10.2 Å². The number of rotatable bonds is 3. The Hall–Kier alpha value is -2.09. The Bertz CT molecular complexity index is 539. The van der Waals surface area contributed by atoms with Crippen molar-refractivity contribution in [1.29, 1.82) is 0 Å². The summed E-state index contributed by atoms with van der Waals surface area (Å²) in [6, 6.07) is 1.26. The van der Waals surface area contributed by atoms with Crippen molar-refractivity contribution in [3.8, 4) is 0 Å². The second-order valence-corrected chi connectivity index (χ2v) is 4.82. The number of piperidine rings is 1. The lowest BCUT2D eigenvalue weighted by Gasteiger charge is -2.33. The maximum atomic E-state index is 11.1. The molecule has 1 aliphatic rings. The van der Waals surface area contributed by atoms with Crippen LogP contribution in [0.2, 0.25) is 5.15 Å². The number of amides is 1. The Labute approximate surface area is 119 Å². The van der Waals surface area contributed by atoms with Gasteiger partial charge in [-0.3, -0.25) is 10.1 Å². The molecule has 9 heteroatoms. The Morgan fingerprint density at radius 2 is 2.40 bits per heavy atom. The van der Waals surface area contributed by atoms with Crippen LogP contribution in [0.4, 0.5) is 16.2 Å². The summed E-state index contributed by atoms with van der Waals surface area (Å²) < 4.78 is 0. The van der Waals surface area contributed by atoms with E-state index in [0.29, 0.717) is 25.2 Å². The van der Waals surface area contributed by atoms with Gasteiger partial charge in [0.15, 0.2) is 0 Å². The fraction of sp³-hybridized carbons (Fsp3) is 0.455. The minimum atomic E-state index is -1.10. The molecule has 2 N–H and O–H groups in total. The monoisotopic (exact) mass is 300 g/mol. The van der Waals surface area contributed by atoms with Gasteiger partial charge < -0.3 is 15.3 Å². The number of aromatic nitrogens is 1. The Morgan fingerprint density at radius 3 is 3.05 bits per heavy atom. The number of carboxylic acid groups (broad SMARTS) is 1.